The van der Waals surface area contributed by atoms with Crippen molar-refractivity contribution in [1.82, 2.24) is 5.32 Å². The number of rotatable bonds is 5. The Kier molecular flexibility index (Phi) is 5.95. The number of carbonyl (C=O) groups is 1. The molecule has 1 atom stereocenters. The second-order valence-corrected chi connectivity index (χ2v) is 7.80. The maximum absolute atomic E-state index is 12.4. The largest absolute Gasteiger partial charge is 0.349 e. The topological polar surface area (TPSA) is 89.3 Å². The number of benzene rings is 1. The molecular weight excluding hydrogens is 356 g/mol. The molecular formula is C14H21BrN2O3S. The van der Waals surface area contributed by atoms with Crippen LogP contribution in [0.1, 0.15) is 43.1 Å². The Morgan fingerprint density at radius 2 is 1.95 bits per heavy atom. The molecule has 0 saturated carbocycles. The van der Waals surface area contributed by atoms with Gasteiger partial charge in [-0.25, -0.2) is 13.6 Å². The summed E-state index contributed by atoms with van der Waals surface area (Å²) in [6.45, 7) is 7.63. The van der Waals surface area contributed by atoms with Crippen molar-refractivity contribution >= 4 is 31.9 Å². The highest BCUT2D eigenvalue weighted by Crippen LogP contribution is 2.24. The van der Waals surface area contributed by atoms with Crippen molar-refractivity contribution < 1.29 is 13.2 Å². The van der Waals surface area contributed by atoms with Crippen LogP contribution in [-0.2, 0) is 10.0 Å². The third kappa shape index (κ3) is 4.52. The van der Waals surface area contributed by atoms with Crippen molar-refractivity contribution in [3.63, 3.8) is 0 Å². The summed E-state index contributed by atoms with van der Waals surface area (Å²) in [6, 6.07) is 3.04. The molecule has 1 aromatic rings. The van der Waals surface area contributed by atoms with Gasteiger partial charge in [-0.3, -0.25) is 4.79 Å². The highest BCUT2D eigenvalue weighted by atomic mass is 79.9. The lowest BCUT2D eigenvalue weighted by Gasteiger charge is -2.21. The Bertz CT molecular complexity index is 642. The summed E-state index contributed by atoms with van der Waals surface area (Å²) in [5.41, 5.74) is 0.671. The van der Waals surface area contributed by atoms with Crippen LogP contribution in [0.25, 0.3) is 0 Å². The molecule has 0 spiro atoms. The number of primary sulfonamides is 1. The fourth-order valence-corrected chi connectivity index (χ4v) is 3.61. The summed E-state index contributed by atoms with van der Waals surface area (Å²) in [4.78, 5) is 12.4. The fraction of sp³-hybridized carbons (Fsp3) is 0.500. The van der Waals surface area contributed by atoms with E-state index in [1.807, 2.05) is 20.8 Å². The molecule has 0 aromatic heterocycles. The van der Waals surface area contributed by atoms with Gasteiger partial charge in [0.25, 0.3) is 5.91 Å². The van der Waals surface area contributed by atoms with Gasteiger partial charge in [0.15, 0.2) is 0 Å². The average Bonchev–Trinajstić information content (AvgIpc) is 2.36. The zero-order chi connectivity index (χ0) is 16.4. The fourth-order valence-electron chi connectivity index (χ4n) is 2.17. The number of carbonyl (C=O) groups excluding carboxylic acids is 1. The molecule has 21 heavy (non-hydrogen) atoms. The first-order valence-corrected chi connectivity index (χ1v) is 9.05. The highest BCUT2D eigenvalue weighted by Gasteiger charge is 2.21. The van der Waals surface area contributed by atoms with Crippen molar-refractivity contribution in [3.05, 3.63) is 27.7 Å². The first-order chi connectivity index (χ1) is 9.57. The number of halogens is 1. The van der Waals surface area contributed by atoms with Gasteiger partial charge in [0, 0.05) is 16.1 Å². The van der Waals surface area contributed by atoms with Gasteiger partial charge in [0.2, 0.25) is 10.0 Å². The predicted molar refractivity (Wildman–Crippen MR) is 86.6 cm³/mol. The Labute approximate surface area is 134 Å². The maximum Gasteiger partial charge on any atom is 0.251 e. The molecule has 1 amide bonds. The molecule has 3 N–H and O–H groups in total. The number of hydrogen-bond acceptors (Lipinski definition) is 3. The lowest BCUT2D eigenvalue weighted by molar-refractivity contribution is 0.0923. The number of nitrogens with one attached hydrogen (secondary N) is 1. The minimum absolute atomic E-state index is 0.0359. The van der Waals surface area contributed by atoms with E-state index in [-0.39, 0.29) is 16.8 Å². The first kappa shape index (κ1) is 18.1. The van der Waals surface area contributed by atoms with Gasteiger partial charge in [0.05, 0.1) is 4.90 Å². The van der Waals surface area contributed by atoms with Crippen molar-refractivity contribution in [2.45, 2.75) is 45.1 Å². The van der Waals surface area contributed by atoms with Crippen LogP contribution in [0.15, 0.2) is 21.5 Å². The third-order valence-electron chi connectivity index (χ3n) is 3.44. The van der Waals surface area contributed by atoms with Crippen molar-refractivity contribution in [3.8, 4) is 0 Å². The summed E-state index contributed by atoms with van der Waals surface area (Å²) >= 11 is 3.22. The summed E-state index contributed by atoms with van der Waals surface area (Å²) in [7, 11) is -3.87. The Balaban J connectivity index is 3.25. The van der Waals surface area contributed by atoms with E-state index >= 15 is 0 Å². The summed E-state index contributed by atoms with van der Waals surface area (Å²) in [5.74, 6) is 0.00312. The lowest BCUT2D eigenvalue weighted by atomic mass is 10.0. The molecule has 0 aliphatic heterocycles. The maximum atomic E-state index is 12.4. The molecule has 0 bridgehead atoms. The van der Waals surface area contributed by atoms with Gasteiger partial charge >= 0.3 is 0 Å². The van der Waals surface area contributed by atoms with Crippen LogP contribution in [-0.4, -0.2) is 20.4 Å². The van der Waals surface area contributed by atoms with Gasteiger partial charge in [0.1, 0.15) is 0 Å². The molecule has 0 radical (unpaired) electrons. The van der Waals surface area contributed by atoms with Gasteiger partial charge in [-0.15, -0.1) is 0 Å². The van der Waals surface area contributed by atoms with Crippen molar-refractivity contribution in [2.75, 3.05) is 0 Å². The zero-order valence-corrected chi connectivity index (χ0v) is 15.0. The minimum atomic E-state index is -3.87. The van der Waals surface area contributed by atoms with E-state index in [9.17, 15) is 13.2 Å². The van der Waals surface area contributed by atoms with Gasteiger partial charge in [-0.2, -0.15) is 0 Å². The number of nitrogens with two attached hydrogens (primary N) is 1. The normalized spacial score (nSPS) is 13.3. The van der Waals surface area contributed by atoms with Crippen LogP contribution in [0.2, 0.25) is 0 Å². The predicted octanol–water partition coefficient (Wildman–Crippen LogP) is 2.57. The second-order valence-electron chi connectivity index (χ2n) is 5.35. The van der Waals surface area contributed by atoms with E-state index in [2.05, 4.69) is 21.2 Å². The minimum Gasteiger partial charge on any atom is -0.349 e. The van der Waals surface area contributed by atoms with E-state index in [0.29, 0.717) is 21.5 Å². The molecule has 0 fully saturated rings. The summed E-state index contributed by atoms with van der Waals surface area (Å²) in [6.07, 6.45) is 0.804. The number of sulfonamides is 1. The van der Waals surface area contributed by atoms with Gasteiger partial charge in [-0.05, 0) is 37.0 Å². The molecule has 0 aliphatic carbocycles. The smallest absolute Gasteiger partial charge is 0.251 e. The van der Waals surface area contributed by atoms with Crippen molar-refractivity contribution in [2.24, 2.45) is 11.1 Å². The molecule has 0 saturated heterocycles. The van der Waals surface area contributed by atoms with E-state index < -0.39 is 10.0 Å². The molecule has 0 aliphatic rings. The van der Waals surface area contributed by atoms with Crippen LogP contribution in [0.5, 0.6) is 0 Å². The number of amides is 1. The van der Waals surface area contributed by atoms with E-state index in [0.717, 1.165) is 6.42 Å². The Morgan fingerprint density at radius 3 is 2.38 bits per heavy atom. The van der Waals surface area contributed by atoms with Gasteiger partial charge in [-0.1, -0.05) is 36.7 Å². The SMILES string of the molecule is CCC(NC(=O)c1cc(Br)cc(S(N)(=O)=O)c1C)C(C)C. The van der Waals surface area contributed by atoms with Crippen LogP contribution >= 0.6 is 15.9 Å². The first-order valence-electron chi connectivity index (χ1n) is 6.71. The Morgan fingerprint density at radius 1 is 1.38 bits per heavy atom. The average molecular weight is 377 g/mol. The number of hydrogen-bond donors (Lipinski definition) is 2. The van der Waals surface area contributed by atoms with Crippen molar-refractivity contribution in [1.29, 1.82) is 0 Å². The van der Waals surface area contributed by atoms with Crippen LogP contribution in [0.3, 0.4) is 0 Å². The molecule has 118 valence electrons. The quantitative estimate of drug-likeness (QED) is 0.827. The summed E-state index contributed by atoms with van der Waals surface area (Å²) < 4.78 is 23.7. The molecule has 1 unspecified atom stereocenters. The van der Waals surface area contributed by atoms with E-state index in [1.165, 1.54) is 6.07 Å². The molecule has 7 heteroatoms. The van der Waals surface area contributed by atoms with Gasteiger partial charge < -0.3 is 5.32 Å². The monoisotopic (exact) mass is 376 g/mol. The van der Waals surface area contributed by atoms with Crippen LogP contribution < -0.4 is 10.5 Å². The van der Waals surface area contributed by atoms with E-state index in [1.54, 1.807) is 13.0 Å². The molecule has 1 rings (SSSR count). The standard InChI is InChI=1S/C14H21BrN2O3S/c1-5-12(8(2)3)17-14(18)11-6-10(15)7-13(9(11)4)21(16,19)20/h6-8,12H,5H2,1-4H3,(H,17,18)(H2,16,19,20). The van der Waals surface area contributed by atoms with Crippen LogP contribution in [0, 0.1) is 12.8 Å². The van der Waals surface area contributed by atoms with E-state index in [4.69, 9.17) is 5.14 Å². The molecule has 5 nitrogen and oxygen atoms in total. The third-order valence-corrected chi connectivity index (χ3v) is 4.93. The molecule has 1 aromatic carbocycles. The highest BCUT2D eigenvalue weighted by molar-refractivity contribution is 9.10. The molecule has 0 heterocycles. The lowest BCUT2D eigenvalue weighted by Crippen LogP contribution is -2.38. The van der Waals surface area contributed by atoms with Crippen LogP contribution in [0.4, 0.5) is 0 Å². The summed E-state index contributed by atoms with van der Waals surface area (Å²) in [5, 5.41) is 8.12. The zero-order valence-electron chi connectivity index (χ0n) is 12.6. The second kappa shape index (κ2) is 6.89. The Hall–Kier alpha value is -0.920.